The van der Waals surface area contributed by atoms with Crippen LogP contribution in [0.2, 0.25) is 0 Å². The highest BCUT2D eigenvalue weighted by Crippen LogP contribution is 2.17. The molecule has 0 radical (unpaired) electrons. The lowest BCUT2D eigenvalue weighted by atomic mass is 10.0. The molecule has 0 aliphatic rings. The molecular formula is C48H89NO5. The van der Waals surface area contributed by atoms with Crippen molar-refractivity contribution in [2.75, 3.05) is 6.61 Å². The summed E-state index contributed by atoms with van der Waals surface area (Å²) in [6.07, 6.45) is 47.9. The van der Waals surface area contributed by atoms with Gasteiger partial charge in [-0.05, 0) is 64.2 Å². The molecule has 0 rings (SSSR count). The Labute approximate surface area is 334 Å². The van der Waals surface area contributed by atoms with Crippen LogP contribution in [0.1, 0.15) is 233 Å². The summed E-state index contributed by atoms with van der Waals surface area (Å²) in [5.41, 5.74) is 0. The summed E-state index contributed by atoms with van der Waals surface area (Å²) in [4.78, 5) is 25.9. The first-order valence-corrected chi connectivity index (χ1v) is 23.2. The van der Waals surface area contributed by atoms with Crippen LogP contribution in [0, 0.1) is 0 Å². The molecule has 316 valence electrons. The smallest absolute Gasteiger partial charge is 0.306 e. The Morgan fingerprint density at radius 2 is 0.963 bits per heavy atom. The van der Waals surface area contributed by atoms with Crippen LogP contribution in [0.25, 0.3) is 0 Å². The molecular weight excluding hydrogens is 671 g/mol. The molecule has 0 aromatic heterocycles. The molecule has 0 heterocycles. The Bertz CT molecular complexity index is 900. The second-order valence-corrected chi connectivity index (χ2v) is 15.8. The molecule has 0 aliphatic heterocycles. The quantitative estimate of drug-likeness (QED) is 0.0328. The third-order valence-corrected chi connectivity index (χ3v) is 10.5. The normalized spacial score (nSPS) is 13.6. The molecule has 0 aliphatic carbocycles. The molecule has 6 heteroatoms. The van der Waals surface area contributed by atoms with Crippen molar-refractivity contribution in [2.24, 2.45) is 0 Å². The summed E-state index contributed by atoms with van der Waals surface area (Å²) < 4.78 is 5.84. The molecule has 0 saturated heterocycles. The fraction of sp³-hybridized carbons (Fsp3) is 0.833. The standard InChI is InChI=1S/C48H89NO5/c1-4-7-10-13-16-19-21-23-25-28-31-34-37-40-46(51)45(43-50)49-47(52)42-44(39-36-33-30-27-18-15-12-9-6-3)54-48(53)41-38-35-32-29-26-24-22-20-17-14-11-8-5-2/h15,18,24,26,32,35,44-46,50-51H,4-14,16-17,19-23,25,27-31,33-34,36-43H2,1-3H3,(H,49,52)/b18-15-,26-24-,35-32+. The Hall–Kier alpha value is -1.92. The zero-order chi connectivity index (χ0) is 39.6. The van der Waals surface area contributed by atoms with Gasteiger partial charge in [-0.1, -0.05) is 192 Å². The number of aliphatic hydroxyl groups is 2. The van der Waals surface area contributed by atoms with E-state index in [1.54, 1.807) is 0 Å². The molecule has 54 heavy (non-hydrogen) atoms. The van der Waals surface area contributed by atoms with Gasteiger partial charge in [0.05, 0.1) is 25.2 Å². The van der Waals surface area contributed by atoms with Crippen molar-refractivity contribution in [3.63, 3.8) is 0 Å². The van der Waals surface area contributed by atoms with Gasteiger partial charge in [0.25, 0.3) is 0 Å². The number of aliphatic hydroxyl groups excluding tert-OH is 2. The third-order valence-electron chi connectivity index (χ3n) is 10.5. The second kappa shape index (κ2) is 42.2. The summed E-state index contributed by atoms with van der Waals surface area (Å²) >= 11 is 0. The van der Waals surface area contributed by atoms with E-state index in [2.05, 4.69) is 56.5 Å². The van der Waals surface area contributed by atoms with Gasteiger partial charge in [0.15, 0.2) is 0 Å². The van der Waals surface area contributed by atoms with Crippen molar-refractivity contribution in [1.29, 1.82) is 0 Å². The number of allylic oxidation sites excluding steroid dienone is 6. The number of nitrogens with one attached hydrogen (secondary N) is 1. The average Bonchev–Trinajstić information content (AvgIpc) is 3.16. The number of rotatable bonds is 41. The number of amides is 1. The van der Waals surface area contributed by atoms with Gasteiger partial charge in [-0.15, -0.1) is 0 Å². The third kappa shape index (κ3) is 37.0. The molecule has 0 aromatic carbocycles. The number of hydrogen-bond acceptors (Lipinski definition) is 5. The Balaban J connectivity index is 4.59. The van der Waals surface area contributed by atoms with Crippen molar-refractivity contribution in [3.8, 4) is 0 Å². The maximum atomic E-state index is 13.1. The number of ether oxygens (including phenoxy) is 1. The van der Waals surface area contributed by atoms with Crippen molar-refractivity contribution in [2.45, 2.75) is 251 Å². The molecule has 0 aromatic rings. The van der Waals surface area contributed by atoms with Crippen LogP contribution in [0.5, 0.6) is 0 Å². The summed E-state index contributed by atoms with van der Waals surface area (Å²) in [5, 5.41) is 23.6. The lowest BCUT2D eigenvalue weighted by molar-refractivity contribution is -0.150. The monoisotopic (exact) mass is 760 g/mol. The highest BCUT2D eigenvalue weighted by Gasteiger charge is 2.24. The van der Waals surface area contributed by atoms with Crippen molar-refractivity contribution in [1.82, 2.24) is 5.32 Å². The molecule has 0 fully saturated rings. The van der Waals surface area contributed by atoms with Gasteiger partial charge in [-0.2, -0.15) is 0 Å². The van der Waals surface area contributed by atoms with Gasteiger partial charge in [-0.3, -0.25) is 9.59 Å². The van der Waals surface area contributed by atoms with Gasteiger partial charge in [0.2, 0.25) is 5.91 Å². The topological polar surface area (TPSA) is 95.9 Å². The molecule has 6 nitrogen and oxygen atoms in total. The summed E-state index contributed by atoms with van der Waals surface area (Å²) in [5.74, 6) is -0.571. The maximum Gasteiger partial charge on any atom is 0.306 e. The number of unbranched alkanes of at least 4 members (excludes halogenated alkanes) is 23. The summed E-state index contributed by atoms with van der Waals surface area (Å²) in [7, 11) is 0. The molecule has 3 atom stereocenters. The predicted molar refractivity (Wildman–Crippen MR) is 232 cm³/mol. The summed E-state index contributed by atoms with van der Waals surface area (Å²) in [6, 6.07) is -0.712. The summed E-state index contributed by atoms with van der Waals surface area (Å²) in [6.45, 7) is 6.40. The SMILES string of the molecule is CCCC/C=C\CCCCCC(CC(=O)NC(CO)C(O)CCCCCCCCCCCCCCC)OC(=O)CC/C=C/C/C=C\CCCCCCCC. The fourth-order valence-corrected chi connectivity index (χ4v) is 6.87. The van der Waals surface area contributed by atoms with E-state index in [-0.39, 0.29) is 31.3 Å². The first-order chi connectivity index (χ1) is 26.5. The minimum atomic E-state index is -0.796. The number of carbonyl (C=O) groups excluding carboxylic acids is 2. The van der Waals surface area contributed by atoms with E-state index in [4.69, 9.17) is 4.74 Å². The first kappa shape index (κ1) is 52.1. The largest absolute Gasteiger partial charge is 0.462 e. The van der Waals surface area contributed by atoms with Gasteiger partial charge < -0.3 is 20.3 Å². The van der Waals surface area contributed by atoms with Crippen molar-refractivity contribution in [3.05, 3.63) is 36.5 Å². The molecule has 0 bridgehead atoms. The highest BCUT2D eigenvalue weighted by molar-refractivity contribution is 5.77. The number of carbonyl (C=O) groups is 2. The van der Waals surface area contributed by atoms with E-state index in [9.17, 15) is 19.8 Å². The average molecular weight is 760 g/mol. The van der Waals surface area contributed by atoms with E-state index in [1.165, 1.54) is 116 Å². The molecule has 0 spiro atoms. The van der Waals surface area contributed by atoms with E-state index < -0.39 is 18.2 Å². The van der Waals surface area contributed by atoms with Crippen LogP contribution in [-0.2, 0) is 14.3 Å². The van der Waals surface area contributed by atoms with Crippen LogP contribution < -0.4 is 5.32 Å². The Morgan fingerprint density at radius 1 is 0.537 bits per heavy atom. The number of hydrogen-bond donors (Lipinski definition) is 3. The van der Waals surface area contributed by atoms with Gasteiger partial charge >= 0.3 is 5.97 Å². The van der Waals surface area contributed by atoms with Crippen LogP contribution in [0.4, 0.5) is 0 Å². The van der Waals surface area contributed by atoms with Crippen molar-refractivity contribution < 1.29 is 24.5 Å². The molecule has 0 saturated carbocycles. The predicted octanol–water partition coefficient (Wildman–Crippen LogP) is 13.3. The van der Waals surface area contributed by atoms with E-state index >= 15 is 0 Å². The van der Waals surface area contributed by atoms with E-state index in [0.717, 1.165) is 64.2 Å². The number of esters is 1. The lowest BCUT2D eigenvalue weighted by Crippen LogP contribution is -2.46. The van der Waals surface area contributed by atoms with Crippen LogP contribution in [-0.4, -0.2) is 46.9 Å². The minimum absolute atomic E-state index is 0.0455. The van der Waals surface area contributed by atoms with Crippen LogP contribution in [0.3, 0.4) is 0 Å². The van der Waals surface area contributed by atoms with Gasteiger partial charge in [0, 0.05) is 6.42 Å². The minimum Gasteiger partial charge on any atom is -0.462 e. The van der Waals surface area contributed by atoms with Crippen LogP contribution >= 0.6 is 0 Å². The fourth-order valence-electron chi connectivity index (χ4n) is 6.87. The van der Waals surface area contributed by atoms with Gasteiger partial charge in [-0.25, -0.2) is 0 Å². The van der Waals surface area contributed by atoms with E-state index in [0.29, 0.717) is 19.3 Å². The van der Waals surface area contributed by atoms with Gasteiger partial charge in [0.1, 0.15) is 6.10 Å². The second-order valence-electron chi connectivity index (χ2n) is 15.8. The molecule has 3 N–H and O–H groups in total. The van der Waals surface area contributed by atoms with Crippen molar-refractivity contribution >= 4 is 11.9 Å². The zero-order valence-electron chi connectivity index (χ0n) is 35.9. The molecule has 1 amide bonds. The lowest BCUT2D eigenvalue weighted by Gasteiger charge is -2.24. The Morgan fingerprint density at radius 3 is 1.50 bits per heavy atom. The first-order valence-electron chi connectivity index (χ1n) is 23.2. The van der Waals surface area contributed by atoms with E-state index in [1.807, 2.05) is 6.08 Å². The molecule has 3 unspecified atom stereocenters. The van der Waals surface area contributed by atoms with Crippen LogP contribution in [0.15, 0.2) is 36.5 Å². The zero-order valence-corrected chi connectivity index (χ0v) is 35.9. The maximum absolute atomic E-state index is 13.1. The highest BCUT2D eigenvalue weighted by atomic mass is 16.5. The Kier molecular flexibility index (Phi) is 40.7.